The molecule has 0 heterocycles. The summed E-state index contributed by atoms with van der Waals surface area (Å²) in [6.07, 6.45) is -6.92. The fraction of sp³-hybridized carbons (Fsp3) is 0.182. The second kappa shape index (κ2) is 12.2. The highest BCUT2D eigenvalue weighted by molar-refractivity contribution is 7.97. The molecule has 0 aliphatic carbocycles. The van der Waals surface area contributed by atoms with E-state index < -0.39 is 35.3 Å². The molecule has 0 bridgehead atoms. The number of rotatable bonds is 8. The summed E-state index contributed by atoms with van der Waals surface area (Å²) in [5.41, 5.74) is 0. The number of benzene rings is 3. The first-order valence-electron chi connectivity index (χ1n) is 9.50. The van der Waals surface area contributed by atoms with Crippen LogP contribution in [-0.4, -0.2) is 23.3 Å². The van der Waals surface area contributed by atoms with E-state index in [4.69, 9.17) is 5.26 Å². The molecule has 0 spiro atoms. The van der Waals surface area contributed by atoms with Crippen LogP contribution in [0.4, 0.5) is 39.5 Å². The second-order valence-corrected chi connectivity index (χ2v) is 9.47. The van der Waals surface area contributed by atoms with E-state index >= 15 is 0 Å². The van der Waals surface area contributed by atoms with E-state index in [1.165, 1.54) is 14.7 Å². The van der Waals surface area contributed by atoms with Crippen molar-refractivity contribution in [1.82, 2.24) is 0 Å². The van der Waals surface area contributed by atoms with Crippen molar-refractivity contribution in [2.75, 3.05) is 0 Å². The lowest BCUT2D eigenvalue weighted by atomic mass is 10.1. The Morgan fingerprint density at radius 1 is 0.556 bits per heavy atom. The molecule has 196 valence electrons. The molecule has 36 heavy (non-hydrogen) atoms. The van der Waals surface area contributed by atoms with Crippen LogP contribution in [-0.2, 0) is 20.3 Å². The summed E-state index contributed by atoms with van der Waals surface area (Å²) in [7, 11) is -0.0146. The highest BCUT2D eigenvalue weighted by atomic mass is 32.2. The van der Waals surface area contributed by atoms with E-state index in [2.05, 4.69) is 100 Å². The Labute approximate surface area is 206 Å². The Balaban J connectivity index is 0.000000256. The van der Waals surface area contributed by atoms with Crippen LogP contribution < -0.4 is 5.26 Å². The normalized spacial score (nSPS) is 12.8. The standard InChI is InChI=1S/C18H15S.C4HF9O3S/c1-4-10-16(11-5-1)19(17-12-6-2-7-13-17)18-14-8-3-9-15-18;5-1(6,3(9,10)11)2(7,8)4(12,13)17-16-15-14/h1-15H;14H/q+1;/p-1. The van der Waals surface area contributed by atoms with Gasteiger partial charge in [-0.25, -0.2) is 0 Å². The molecule has 0 fully saturated rings. The van der Waals surface area contributed by atoms with Crippen LogP contribution in [0, 0.1) is 0 Å². The third kappa shape index (κ3) is 6.88. The zero-order valence-corrected chi connectivity index (χ0v) is 19.2. The van der Waals surface area contributed by atoms with E-state index in [1.54, 1.807) is 0 Å². The van der Waals surface area contributed by atoms with E-state index in [0.717, 1.165) is 0 Å². The highest BCUT2D eigenvalue weighted by Gasteiger charge is 2.82. The van der Waals surface area contributed by atoms with Gasteiger partial charge in [0.2, 0.25) is 0 Å². The molecule has 0 aromatic heterocycles. The number of alkyl halides is 9. The minimum atomic E-state index is -7.03. The predicted octanol–water partition coefficient (Wildman–Crippen LogP) is 7.07. The summed E-state index contributed by atoms with van der Waals surface area (Å²) in [5, 5.41) is 5.12. The first-order valence-corrected chi connectivity index (χ1v) is 11.5. The molecule has 3 nitrogen and oxygen atoms in total. The van der Waals surface area contributed by atoms with Gasteiger partial charge in [-0.05, 0) is 36.4 Å². The van der Waals surface area contributed by atoms with Gasteiger partial charge in [-0.15, -0.1) is 0 Å². The van der Waals surface area contributed by atoms with Gasteiger partial charge in [-0.3, -0.25) is 5.04 Å². The minimum absolute atomic E-state index is 0.0146. The molecule has 14 heteroatoms. The monoisotopic (exact) mass is 562 g/mol. The Morgan fingerprint density at radius 2 is 0.889 bits per heavy atom. The van der Waals surface area contributed by atoms with E-state index in [-0.39, 0.29) is 10.9 Å². The van der Waals surface area contributed by atoms with Crippen LogP contribution in [0.1, 0.15) is 0 Å². The minimum Gasteiger partial charge on any atom is -0.691 e. The summed E-state index contributed by atoms with van der Waals surface area (Å²) in [4.78, 5) is 4.08. The molecular formula is C22H15F9O3S2. The average molecular weight is 562 g/mol. The molecule has 0 radical (unpaired) electrons. The topological polar surface area (TPSA) is 41.5 Å². The molecule has 3 aromatic rings. The summed E-state index contributed by atoms with van der Waals surface area (Å²) in [5.74, 6) is -13.9. The molecule has 0 saturated heterocycles. The van der Waals surface area contributed by atoms with Crippen LogP contribution in [0.3, 0.4) is 0 Å². The summed E-state index contributed by atoms with van der Waals surface area (Å²) < 4.78 is 110. The third-order valence-electron chi connectivity index (χ3n) is 4.22. The van der Waals surface area contributed by atoms with Gasteiger partial charge in [0, 0.05) is 0 Å². The van der Waals surface area contributed by atoms with Gasteiger partial charge in [0.15, 0.2) is 14.7 Å². The van der Waals surface area contributed by atoms with Crippen molar-refractivity contribution >= 4 is 22.9 Å². The lowest BCUT2D eigenvalue weighted by molar-refractivity contribution is -0.777. The SMILES string of the molecule is [O-]OOSC(F)(F)C(F)(F)C(F)(F)C(F)(F)F.c1ccc([S+](c2ccccc2)c2ccccc2)cc1. The van der Waals surface area contributed by atoms with Gasteiger partial charge in [0.1, 0.15) is 12.0 Å². The van der Waals surface area contributed by atoms with Gasteiger partial charge < -0.3 is 5.26 Å². The quantitative estimate of drug-likeness (QED) is 0.0969. The van der Waals surface area contributed by atoms with Gasteiger partial charge >= 0.3 is 23.3 Å². The fourth-order valence-electron chi connectivity index (χ4n) is 2.55. The molecule has 0 amide bonds. The summed E-state index contributed by atoms with van der Waals surface area (Å²) >= 11 is -1.97. The zero-order valence-electron chi connectivity index (χ0n) is 17.6. The molecule has 0 aliphatic rings. The molecule has 3 aromatic carbocycles. The van der Waals surface area contributed by atoms with Crippen molar-refractivity contribution in [2.24, 2.45) is 0 Å². The molecule has 3 rings (SSSR count). The number of halogens is 9. The largest absolute Gasteiger partial charge is 0.691 e. The van der Waals surface area contributed by atoms with Crippen LogP contribution in [0.25, 0.3) is 0 Å². The maximum Gasteiger partial charge on any atom is 0.460 e. The molecule has 0 unspecified atom stereocenters. The lowest BCUT2D eigenvalue weighted by Gasteiger charge is -2.32. The van der Waals surface area contributed by atoms with Crippen molar-refractivity contribution in [1.29, 1.82) is 0 Å². The molecule has 0 atom stereocenters. The Bertz CT molecular complexity index is 961. The molecule has 0 N–H and O–H groups in total. The fourth-order valence-corrected chi connectivity index (χ4v) is 5.00. The lowest BCUT2D eigenvalue weighted by Crippen LogP contribution is -2.59. The predicted molar refractivity (Wildman–Crippen MR) is 112 cm³/mol. The van der Waals surface area contributed by atoms with Gasteiger partial charge in [0.05, 0.1) is 10.9 Å². The summed E-state index contributed by atoms with van der Waals surface area (Å²) in [6, 6.07) is 32.2. The van der Waals surface area contributed by atoms with Crippen molar-refractivity contribution in [3.8, 4) is 0 Å². The number of hydrogen-bond acceptors (Lipinski definition) is 4. The highest BCUT2D eigenvalue weighted by Crippen LogP contribution is 2.56. The Hall–Kier alpha value is -2.39. The van der Waals surface area contributed by atoms with Gasteiger partial charge in [0.25, 0.3) is 0 Å². The van der Waals surface area contributed by atoms with Crippen LogP contribution in [0.5, 0.6) is 0 Å². The number of hydrogen-bond donors (Lipinski definition) is 0. The summed E-state index contributed by atoms with van der Waals surface area (Å²) in [6.45, 7) is 0. The zero-order chi connectivity index (χ0) is 27.0. The van der Waals surface area contributed by atoms with E-state index in [1.807, 2.05) is 0 Å². The first-order chi connectivity index (χ1) is 16.8. The first kappa shape index (κ1) is 29.8. The second-order valence-electron chi connectivity index (χ2n) is 6.63. The van der Waals surface area contributed by atoms with E-state index in [9.17, 15) is 39.5 Å². The van der Waals surface area contributed by atoms with Crippen molar-refractivity contribution in [2.45, 2.75) is 38.0 Å². The smallest absolute Gasteiger partial charge is 0.460 e. The molecular weight excluding hydrogens is 547 g/mol. The van der Waals surface area contributed by atoms with Crippen molar-refractivity contribution < 1.29 is 54.1 Å². The van der Waals surface area contributed by atoms with Crippen LogP contribution in [0.15, 0.2) is 106 Å². The maximum absolute atomic E-state index is 12.3. The average Bonchev–Trinajstić information content (AvgIpc) is 2.84. The van der Waals surface area contributed by atoms with Crippen LogP contribution in [0.2, 0.25) is 0 Å². The van der Waals surface area contributed by atoms with Gasteiger partial charge in [-0.2, -0.15) is 43.8 Å². The Morgan fingerprint density at radius 3 is 1.17 bits per heavy atom. The van der Waals surface area contributed by atoms with E-state index in [0.29, 0.717) is 0 Å². The molecule has 0 saturated carbocycles. The molecule has 0 aliphatic heterocycles. The van der Waals surface area contributed by atoms with Gasteiger partial charge in [-0.1, -0.05) is 54.6 Å². The maximum atomic E-state index is 12.3. The third-order valence-corrected chi connectivity index (χ3v) is 7.04. The van der Waals surface area contributed by atoms with Crippen molar-refractivity contribution in [3.63, 3.8) is 0 Å². The van der Waals surface area contributed by atoms with Crippen molar-refractivity contribution in [3.05, 3.63) is 91.0 Å². The Kier molecular flexibility index (Phi) is 10.1. The van der Waals surface area contributed by atoms with Crippen LogP contribution >= 0.6 is 12.0 Å².